The van der Waals surface area contributed by atoms with Crippen molar-refractivity contribution in [2.75, 3.05) is 18.5 Å². The first-order chi connectivity index (χ1) is 11.3. The molecular formula is C17H24N4OS2. The number of hydrogen-bond donors (Lipinski definition) is 2. The summed E-state index contributed by atoms with van der Waals surface area (Å²) in [5.41, 5.74) is 7.89. The van der Waals surface area contributed by atoms with Crippen molar-refractivity contribution in [3.8, 4) is 0 Å². The number of thiophene rings is 1. The lowest BCUT2D eigenvalue weighted by Crippen LogP contribution is -2.26. The molecule has 2 aromatic rings. The molecule has 0 radical (unpaired) electrons. The highest BCUT2D eigenvalue weighted by molar-refractivity contribution is 7.99. The van der Waals surface area contributed by atoms with Gasteiger partial charge < -0.3 is 11.1 Å². The second-order valence-electron chi connectivity index (χ2n) is 7.34. The maximum Gasteiger partial charge on any atom is 0.230 e. The van der Waals surface area contributed by atoms with Gasteiger partial charge in [-0.1, -0.05) is 32.5 Å². The Morgan fingerprint density at radius 1 is 1.42 bits per heavy atom. The highest BCUT2D eigenvalue weighted by atomic mass is 32.2. The van der Waals surface area contributed by atoms with E-state index in [1.165, 1.54) is 28.6 Å². The second-order valence-corrected chi connectivity index (χ2v) is 9.37. The number of carbonyl (C=O) groups excluding carboxylic acids is 1. The number of aryl methyl sites for hydroxylation is 1. The number of aromatic nitrogens is 2. The minimum absolute atomic E-state index is 0.0410. The van der Waals surface area contributed by atoms with Crippen molar-refractivity contribution >= 4 is 45.0 Å². The molecule has 1 atom stereocenters. The van der Waals surface area contributed by atoms with Crippen LogP contribution in [0.15, 0.2) is 5.16 Å². The number of nitrogen functional groups attached to an aromatic ring is 1. The molecule has 130 valence electrons. The molecule has 7 heteroatoms. The Balaban J connectivity index is 1.92. The maximum atomic E-state index is 11.4. The molecule has 0 spiro atoms. The van der Waals surface area contributed by atoms with Crippen LogP contribution in [0.2, 0.25) is 0 Å². The standard InChI is InChI=1S/C17H24N4OS2/c1-17(2,3)9-5-6-10-11(7-9)24-15-13(10)14(18)20-16(21-15)23-8-12(22)19-4/h9H,5-8H2,1-4H3,(H,19,22)(H2,18,20,21). The molecule has 5 nitrogen and oxygen atoms in total. The van der Waals surface area contributed by atoms with Crippen molar-refractivity contribution in [2.24, 2.45) is 11.3 Å². The molecule has 0 aliphatic heterocycles. The van der Waals surface area contributed by atoms with Gasteiger partial charge >= 0.3 is 0 Å². The topological polar surface area (TPSA) is 80.9 Å². The first-order valence-corrected chi connectivity index (χ1v) is 10.0. The molecule has 2 heterocycles. The summed E-state index contributed by atoms with van der Waals surface area (Å²) in [6.07, 6.45) is 3.34. The fraction of sp³-hybridized carbons (Fsp3) is 0.588. The lowest BCUT2D eigenvalue weighted by molar-refractivity contribution is -0.118. The van der Waals surface area contributed by atoms with Gasteiger partial charge in [-0.3, -0.25) is 4.79 Å². The van der Waals surface area contributed by atoms with E-state index < -0.39 is 0 Å². The van der Waals surface area contributed by atoms with Gasteiger partial charge in [-0.05, 0) is 36.2 Å². The van der Waals surface area contributed by atoms with Crippen molar-refractivity contribution in [1.29, 1.82) is 0 Å². The van der Waals surface area contributed by atoms with E-state index in [0.717, 1.165) is 23.1 Å². The van der Waals surface area contributed by atoms with Crippen molar-refractivity contribution in [3.05, 3.63) is 10.4 Å². The molecule has 3 N–H and O–H groups in total. The van der Waals surface area contributed by atoms with Crippen LogP contribution < -0.4 is 11.1 Å². The number of thioether (sulfide) groups is 1. The highest BCUT2D eigenvalue weighted by Crippen LogP contribution is 2.44. The number of nitrogens with two attached hydrogens (primary N) is 1. The van der Waals surface area contributed by atoms with E-state index in [1.807, 2.05) is 0 Å². The van der Waals surface area contributed by atoms with Gasteiger partial charge in [0.05, 0.1) is 11.1 Å². The van der Waals surface area contributed by atoms with Crippen molar-refractivity contribution in [2.45, 2.75) is 45.2 Å². The number of rotatable bonds is 3. The summed E-state index contributed by atoms with van der Waals surface area (Å²) in [4.78, 5) is 22.8. The van der Waals surface area contributed by atoms with Gasteiger partial charge in [0.2, 0.25) is 5.91 Å². The summed E-state index contributed by atoms with van der Waals surface area (Å²) in [6, 6.07) is 0. The molecule has 0 fully saturated rings. The number of hydrogen-bond acceptors (Lipinski definition) is 6. The fourth-order valence-electron chi connectivity index (χ4n) is 3.19. The predicted octanol–water partition coefficient (Wildman–Crippen LogP) is 3.26. The monoisotopic (exact) mass is 364 g/mol. The van der Waals surface area contributed by atoms with Crippen molar-refractivity contribution in [1.82, 2.24) is 15.3 Å². The Kier molecular flexibility index (Phi) is 4.75. The first-order valence-electron chi connectivity index (χ1n) is 8.20. The van der Waals surface area contributed by atoms with Gasteiger partial charge in [0, 0.05) is 11.9 Å². The predicted molar refractivity (Wildman–Crippen MR) is 102 cm³/mol. The van der Waals surface area contributed by atoms with E-state index in [4.69, 9.17) is 5.73 Å². The smallest absolute Gasteiger partial charge is 0.230 e. The van der Waals surface area contributed by atoms with Crippen LogP contribution in [-0.4, -0.2) is 28.7 Å². The zero-order valence-electron chi connectivity index (χ0n) is 14.6. The average molecular weight is 365 g/mol. The van der Waals surface area contributed by atoms with Crippen LogP contribution in [0.25, 0.3) is 10.2 Å². The van der Waals surface area contributed by atoms with Crippen molar-refractivity contribution < 1.29 is 4.79 Å². The number of anilines is 1. The van der Waals surface area contributed by atoms with Crippen molar-refractivity contribution in [3.63, 3.8) is 0 Å². The SMILES string of the molecule is CNC(=O)CSc1nc(N)c2c3c(sc2n1)CC(C(C)(C)C)CC3. The number of carbonyl (C=O) groups is 1. The summed E-state index contributed by atoms with van der Waals surface area (Å²) in [5, 5.41) is 4.21. The molecule has 0 saturated heterocycles. The molecular weight excluding hydrogens is 340 g/mol. The van der Waals surface area contributed by atoms with E-state index in [1.54, 1.807) is 18.4 Å². The second kappa shape index (κ2) is 6.52. The van der Waals surface area contributed by atoms with E-state index in [2.05, 4.69) is 36.1 Å². The van der Waals surface area contributed by atoms with Crippen LogP contribution in [0.5, 0.6) is 0 Å². The van der Waals surface area contributed by atoms with Crippen LogP contribution >= 0.6 is 23.1 Å². The third kappa shape index (κ3) is 3.37. The van der Waals surface area contributed by atoms with Crippen LogP contribution in [0.3, 0.4) is 0 Å². The van der Waals surface area contributed by atoms with Gasteiger partial charge in [0.15, 0.2) is 5.16 Å². The fourth-order valence-corrected chi connectivity index (χ4v) is 5.28. The largest absolute Gasteiger partial charge is 0.383 e. The molecule has 2 aromatic heterocycles. The molecule has 0 aromatic carbocycles. The number of fused-ring (bicyclic) bond motifs is 3. The maximum absolute atomic E-state index is 11.4. The minimum atomic E-state index is -0.0410. The van der Waals surface area contributed by atoms with E-state index in [0.29, 0.717) is 28.1 Å². The highest BCUT2D eigenvalue weighted by Gasteiger charge is 2.31. The van der Waals surface area contributed by atoms with E-state index in [9.17, 15) is 4.79 Å². The Bertz CT molecular complexity index is 779. The van der Waals surface area contributed by atoms with E-state index in [-0.39, 0.29) is 5.91 Å². The van der Waals surface area contributed by atoms with Gasteiger partial charge in [-0.25, -0.2) is 9.97 Å². The normalized spacial score (nSPS) is 17.8. The summed E-state index contributed by atoms with van der Waals surface area (Å²) in [5.74, 6) is 1.50. The van der Waals surface area contributed by atoms with Gasteiger partial charge in [0.25, 0.3) is 0 Å². The Morgan fingerprint density at radius 3 is 2.83 bits per heavy atom. The lowest BCUT2D eigenvalue weighted by Gasteiger charge is -2.33. The molecule has 1 aliphatic carbocycles. The summed E-state index contributed by atoms with van der Waals surface area (Å²) in [6.45, 7) is 6.95. The van der Waals surface area contributed by atoms with Gasteiger partial charge in [-0.2, -0.15) is 0 Å². The molecule has 1 unspecified atom stereocenters. The number of nitrogens with zero attached hydrogens (tertiary/aromatic N) is 2. The molecule has 1 aliphatic rings. The van der Waals surface area contributed by atoms with Gasteiger partial charge in [-0.15, -0.1) is 11.3 Å². The Hall–Kier alpha value is -1.34. The summed E-state index contributed by atoms with van der Waals surface area (Å²) in [7, 11) is 1.63. The molecule has 24 heavy (non-hydrogen) atoms. The van der Waals surface area contributed by atoms with Crippen LogP contribution in [0.1, 0.15) is 37.6 Å². The van der Waals surface area contributed by atoms with Crippen LogP contribution in [0.4, 0.5) is 5.82 Å². The number of amides is 1. The molecule has 1 amide bonds. The summed E-state index contributed by atoms with van der Waals surface area (Å²) < 4.78 is 0. The summed E-state index contributed by atoms with van der Waals surface area (Å²) >= 11 is 3.07. The molecule has 0 saturated carbocycles. The zero-order valence-corrected chi connectivity index (χ0v) is 16.2. The first kappa shape index (κ1) is 17.5. The number of nitrogens with one attached hydrogen (secondary N) is 1. The Labute approximate surface area is 150 Å². The quantitative estimate of drug-likeness (QED) is 0.645. The van der Waals surface area contributed by atoms with Crippen LogP contribution in [0, 0.1) is 11.3 Å². The molecule has 3 rings (SSSR count). The van der Waals surface area contributed by atoms with E-state index >= 15 is 0 Å². The lowest BCUT2D eigenvalue weighted by atomic mass is 9.72. The third-order valence-electron chi connectivity index (χ3n) is 4.75. The van der Waals surface area contributed by atoms with Crippen LogP contribution in [-0.2, 0) is 17.6 Å². The Morgan fingerprint density at radius 2 is 2.17 bits per heavy atom. The van der Waals surface area contributed by atoms with Gasteiger partial charge in [0.1, 0.15) is 10.6 Å². The zero-order chi connectivity index (χ0) is 17.5. The minimum Gasteiger partial charge on any atom is -0.383 e. The molecule has 0 bridgehead atoms. The average Bonchev–Trinajstić information content (AvgIpc) is 2.89. The third-order valence-corrected chi connectivity index (χ3v) is 6.75.